The number of nitrogens with zero attached hydrogens (tertiary/aromatic N) is 3. The average Bonchev–Trinajstić information content (AvgIpc) is 3.97. The van der Waals surface area contributed by atoms with E-state index in [1.165, 1.54) is 36.5 Å². The molecule has 3 aliphatic heterocycles. The zero-order valence-corrected chi connectivity index (χ0v) is 36.3. The van der Waals surface area contributed by atoms with E-state index < -0.39 is 75.5 Å². The van der Waals surface area contributed by atoms with E-state index in [0.29, 0.717) is 47.8 Å². The summed E-state index contributed by atoms with van der Waals surface area (Å²) >= 11 is 1.08. The van der Waals surface area contributed by atoms with Gasteiger partial charge in [-0.2, -0.15) is 5.26 Å². The Morgan fingerprint density at radius 3 is 2.26 bits per heavy atom. The molecule has 21 heteroatoms. The van der Waals surface area contributed by atoms with E-state index in [2.05, 4.69) is 16.4 Å². The largest absolute Gasteiger partial charge is 0.510 e. The van der Waals surface area contributed by atoms with Gasteiger partial charge in [0.2, 0.25) is 36.9 Å². The molecule has 0 bridgehead atoms. The standard InChI is InChI=1S/C41H49FN5O13PS/c1-23(2)59-40(52)55-21-57-61(54,58-22-56-41(53)60-24(3)4)36(42)26-9-12-33-27(15-26)16-34(62-33)37(49)45-31-8-6-5-7-29-10-11-32(47(29)38(31)50)39(51)46-19-28(18-43)30(20-46)25-13-14-44-35(48)17-25/h9,12-17,23-24,28-32,36H,5-8,10-11,19-22H2,1-4H3,(H,44,48)(H,45,49)/t28-,29+,30+,31+,32+,36+/m1/s1. The van der Waals surface area contributed by atoms with Gasteiger partial charge in [-0.1, -0.05) is 18.9 Å². The summed E-state index contributed by atoms with van der Waals surface area (Å²) in [6, 6.07) is 9.14. The molecule has 3 saturated heterocycles. The summed E-state index contributed by atoms with van der Waals surface area (Å²) in [6.07, 6.45) is 1.61. The molecule has 5 heterocycles. The minimum atomic E-state index is -4.90. The van der Waals surface area contributed by atoms with Crippen molar-refractivity contribution in [2.75, 3.05) is 26.7 Å². The van der Waals surface area contributed by atoms with Gasteiger partial charge in [-0.3, -0.25) is 32.8 Å². The molecule has 18 nitrogen and oxygen atoms in total. The van der Waals surface area contributed by atoms with E-state index in [4.69, 9.17) is 28.0 Å². The lowest BCUT2D eigenvalue weighted by Crippen LogP contribution is -2.56. The van der Waals surface area contributed by atoms with Gasteiger partial charge < -0.3 is 39.0 Å². The van der Waals surface area contributed by atoms with E-state index in [1.54, 1.807) is 43.6 Å². The van der Waals surface area contributed by atoms with Crippen LogP contribution in [0.1, 0.15) is 98.8 Å². The molecule has 6 atom stereocenters. The van der Waals surface area contributed by atoms with Gasteiger partial charge in [0.1, 0.15) is 12.1 Å². The lowest BCUT2D eigenvalue weighted by atomic mass is 9.91. The summed E-state index contributed by atoms with van der Waals surface area (Å²) in [6.45, 7) is 4.58. The number of thiophene rings is 1. The summed E-state index contributed by atoms with van der Waals surface area (Å²) in [5.74, 6) is -4.59. The molecule has 62 heavy (non-hydrogen) atoms. The molecule has 1 aromatic carbocycles. The number of hydrogen-bond acceptors (Lipinski definition) is 15. The number of carbonyl (C=O) groups excluding carboxylic acids is 5. The van der Waals surface area contributed by atoms with Crippen LogP contribution in [0, 0.1) is 17.2 Å². The number of halogens is 1. The number of likely N-dealkylation sites (tertiary alicyclic amines) is 1. The highest BCUT2D eigenvalue weighted by atomic mass is 32.1. The van der Waals surface area contributed by atoms with Crippen LogP contribution in [-0.4, -0.2) is 102 Å². The third-order valence-corrected chi connectivity index (χ3v) is 13.6. The highest BCUT2D eigenvalue weighted by Crippen LogP contribution is 2.62. The van der Waals surface area contributed by atoms with E-state index in [9.17, 15) is 38.6 Å². The molecule has 3 amide bonds. The molecule has 0 aliphatic carbocycles. The molecule has 3 fully saturated rings. The molecule has 0 radical (unpaired) electrons. The number of alkyl halides is 1. The quantitative estimate of drug-likeness (QED) is 0.0984. The fourth-order valence-corrected chi connectivity index (χ4v) is 10.1. The number of aromatic amines is 1. The van der Waals surface area contributed by atoms with Crippen molar-refractivity contribution in [2.45, 2.75) is 108 Å². The van der Waals surface area contributed by atoms with Gasteiger partial charge >= 0.3 is 19.9 Å². The molecule has 3 aliphatic rings. The molecule has 0 unspecified atom stereocenters. The first-order chi connectivity index (χ1) is 29.6. The number of hydrogen-bond donors (Lipinski definition) is 2. The van der Waals surface area contributed by atoms with Gasteiger partial charge in [-0.25, -0.2) is 14.0 Å². The number of H-pyrrole nitrogens is 1. The van der Waals surface area contributed by atoms with Crippen LogP contribution >= 0.6 is 18.9 Å². The summed E-state index contributed by atoms with van der Waals surface area (Å²) in [4.78, 5) is 84.0. The second-order valence-corrected chi connectivity index (χ2v) is 18.9. The molecule has 334 valence electrons. The molecular weight excluding hydrogens is 853 g/mol. The van der Waals surface area contributed by atoms with Gasteiger partial charge in [-0.05, 0) is 94.2 Å². The highest BCUT2D eigenvalue weighted by Gasteiger charge is 2.47. The monoisotopic (exact) mass is 901 g/mol. The Hall–Kier alpha value is -5.35. The summed E-state index contributed by atoms with van der Waals surface area (Å²) in [5.41, 5.74) is 0.157. The predicted octanol–water partition coefficient (Wildman–Crippen LogP) is 6.62. The van der Waals surface area contributed by atoms with Crippen LogP contribution in [0.4, 0.5) is 14.0 Å². The Labute approximate surface area is 360 Å². The Morgan fingerprint density at radius 1 is 0.935 bits per heavy atom. The van der Waals surface area contributed by atoms with E-state index >= 15 is 4.39 Å². The fraction of sp³-hybridized carbons (Fsp3) is 0.537. The van der Waals surface area contributed by atoms with Crippen molar-refractivity contribution in [1.29, 1.82) is 5.26 Å². The molecule has 2 aromatic heterocycles. The van der Waals surface area contributed by atoms with Crippen molar-refractivity contribution in [1.82, 2.24) is 20.1 Å². The summed E-state index contributed by atoms with van der Waals surface area (Å²) in [7, 11) is -4.90. The van der Waals surface area contributed by atoms with Gasteiger partial charge in [0.05, 0.1) is 29.1 Å². The zero-order valence-electron chi connectivity index (χ0n) is 34.6. The van der Waals surface area contributed by atoms with Gasteiger partial charge in [0.15, 0.2) is 0 Å². The van der Waals surface area contributed by atoms with Crippen molar-refractivity contribution >= 4 is 59.1 Å². The normalized spacial score (nSPS) is 22.1. The average molecular weight is 902 g/mol. The maximum Gasteiger partial charge on any atom is 0.510 e. The lowest BCUT2D eigenvalue weighted by molar-refractivity contribution is -0.146. The fourth-order valence-electron chi connectivity index (χ4n) is 7.91. The van der Waals surface area contributed by atoms with Gasteiger partial charge in [0.25, 0.3) is 5.91 Å². The Morgan fingerprint density at radius 2 is 1.61 bits per heavy atom. The maximum absolute atomic E-state index is 16.2. The lowest BCUT2D eigenvalue weighted by Gasteiger charge is -2.36. The maximum atomic E-state index is 16.2. The van der Waals surface area contributed by atoms with E-state index in [0.717, 1.165) is 17.8 Å². The van der Waals surface area contributed by atoms with Crippen LogP contribution in [0.15, 0.2) is 47.4 Å². The van der Waals surface area contributed by atoms with E-state index in [-0.39, 0.29) is 52.9 Å². The van der Waals surface area contributed by atoms with Crippen molar-refractivity contribution in [3.8, 4) is 6.07 Å². The third kappa shape index (κ3) is 11.0. The first-order valence-electron chi connectivity index (χ1n) is 20.3. The second-order valence-electron chi connectivity index (χ2n) is 15.8. The first kappa shape index (κ1) is 46.2. The van der Waals surface area contributed by atoms with Crippen molar-refractivity contribution in [3.63, 3.8) is 0 Å². The highest BCUT2D eigenvalue weighted by molar-refractivity contribution is 7.54. The number of rotatable bonds is 14. The zero-order chi connectivity index (χ0) is 44.7. The number of benzene rings is 1. The number of carbonyl (C=O) groups is 5. The van der Waals surface area contributed by atoms with Crippen LogP contribution in [0.25, 0.3) is 10.1 Å². The number of nitrogens with one attached hydrogen (secondary N) is 2. The van der Waals surface area contributed by atoms with Crippen molar-refractivity contribution in [2.24, 2.45) is 5.92 Å². The van der Waals surface area contributed by atoms with Crippen LogP contribution in [-0.2, 0) is 42.1 Å². The number of amides is 3. The SMILES string of the molecule is CC(C)OC(=O)OCOP(=O)(OCOC(=O)OC(C)C)[C@H](F)c1ccc2sc(C(=O)N[C@H]3CCCC[C@H]4CC[C@@H](C(=O)N5C[C@@H](C#N)[C@H](c6cc[nH]c(=O)c6)C5)N4C3=O)cc2c1. The first-order valence-corrected chi connectivity index (χ1v) is 22.7. The molecular formula is C41H49FN5O13PS. The van der Waals surface area contributed by atoms with Crippen LogP contribution in [0.3, 0.4) is 0 Å². The van der Waals surface area contributed by atoms with Gasteiger partial charge in [0, 0.05) is 42.0 Å². The van der Waals surface area contributed by atoms with Crippen molar-refractivity contribution in [3.05, 3.63) is 69.0 Å². The summed E-state index contributed by atoms with van der Waals surface area (Å²) in [5, 5.41) is 13.2. The minimum Gasteiger partial charge on any atom is -0.432 e. The number of ether oxygens (including phenoxy) is 4. The smallest absolute Gasteiger partial charge is 0.432 e. The third-order valence-electron chi connectivity index (χ3n) is 10.7. The van der Waals surface area contributed by atoms with Crippen molar-refractivity contribution < 1.29 is 60.9 Å². The number of fused-ring (bicyclic) bond motifs is 2. The number of nitriles is 1. The minimum absolute atomic E-state index is 0.164. The molecule has 0 saturated carbocycles. The molecule has 2 N–H and O–H groups in total. The Bertz CT molecular complexity index is 2270. The Kier molecular flexibility index (Phi) is 15.1. The van der Waals surface area contributed by atoms with Crippen LogP contribution < -0.4 is 10.9 Å². The predicted molar refractivity (Wildman–Crippen MR) is 219 cm³/mol. The van der Waals surface area contributed by atoms with Crippen LogP contribution in [0.2, 0.25) is 0 Å². The van der Waals surface area contributed by atoms with Crippen LogP contribution in [0.5, 0.6) is 0 Å². The summed E-state index contributed by atoms with van der Waals surface area (Å²) < 4.78 is 59.9. The number of aromatic nitrogens is 1. The van der Waals surface area contributed by atoms with E-state index in [1.807, 2.05) is 0 Å². The molecule has 3 aromatic rings. The topological polar surface area (TPSA) is 233 Å². The number of pyridine rings is 1. The molecule has 0 spiro atoms. The van der Waals surface area contributed by atoms with Gasteiger partial charge in [-0.15, -0.1) is 11.3 Å². The molecule has 6 rings (SSSR count). The Balaban J connectivity index is 1.15. The second kappa shape index (κ2) is 20.2.